The first-order valence-electron chi connectivity index (χ1n) is 13.9. The van der Waals surface area contributed by atoms with Crippen molar-refractivity contribution in [2.45, 2.75) is 69.9 Å². The van der Waals surface area contributed by atoms with E-state index in [0.29, 0.717) is 5.89 Å². The molecule has 2 heterocycles. The van der Waals surface area contributed by atoms with E-state index in [1.165, 1.54) is 25.7 Å². The SMILES string of the molecule is O[C@](c1ccccc1)(c1ncc(C[N+]2(CCCOc3ccccc3)CCCCC2)o1)C1CCCCC1.[Br-]. The fourth-order valence-electron chi connectivity index (χ4n) is 6.38. The first-order valence-corrected chi connectivity index (χ1v) is 13.9. The number of aromatic nitrogens is 1. The van der Waals surface area contributed by atoms with Crippen LogP contribution in [0.2, 0.25) is 0 Å². The molecule has 6 heteroatoms. The molecule has 1 N–H and O–H groups in total. The topological polar surface area (TPSA) is 55.5 Å². The molecule has 2 fully saturated rings. The molecule has 0 radical (unpaired) electrons. The number of nitrogens with zero attached hydrogens (tertiary/aromatic N) is 2. The number of ether oxygens (including phenoxy) is 1. The lowest BCUT2D eigenvalue weighted by Gasteiger charge is -2.41. The predicted octanol–water partition coefficient (Wildman–Crippen LogP) is 3.46. The number of para-hydroxylation sites is 1. The van der Waals surface area contributed by atoms with Gasteiger partial charge in [0.15, 0.2) is 11.4 Å². The number of aliphatic hydroxyl groups is 1. The zero-order valence-corrected chi connectivity index (χ0v) is 23.4. The molecule has 5 rings (SSSR count). The molecule has 0 bridgehead atoms. The van der Waals surface area contributed by atoms with E-state index >= 15 is 0 Å². The largest absolute Gasteiger partial charge is 1.00 e. The Morgan fingerprint density at radius 2 is 1.54 bits per heavy atom. The minimum atomic E-state index is -1.17. The minimum Gasteiger partial charge on any atom is -1.00 e. The number of piperidine rings is 1. The number of oxazole rings is 1. The normalized spacial score (nSPS) is 19.5. The number of likely N-dealkylation sites (tertiary alicyclic amines) is 1. The summed E-state index contributed by atoms with van der Waals surface area (Å²) in [5.74, 6) is 2.43. The van der Waals surface area contributed by atoms with Gasteiger partial charge in [0.1, 0.15) is 12.3 Å². The van der Waals surface area contributed by atoms with Gasteiger partial charge in [0.05, 0.1) is 32.4 Å². The van der Waals surface area contributed by atoms with Crippen molar-refractivity contribution in [3.05, 3.63) is 84.1 Å². The van der Waals surface area contributed by atoms with E-state index in [9.17, 15) is 5.11 Å². The molecule has 2 aliphatic rings. The highest BCUT2D eigenvalue weighted by Crippen LogP contribution is 2.43. The lowest BCUT2D eigenvalue weighted by molar-refractivity contribution is -0.946. The van der Waals surface area contributed by atoms with Crippen LogP contribution in [-0.4, -0.2) is 40.8 Å². The Labute approximate surface area is 232 Å². The molecule has 37 heavy (non-hydrogen) atoms. The van der Waals surface area contributed by atoms with Gasteiger partial charge >= 0.3 is 0 Å². The summed E-state index contributed by atoms with van der Waals surface area (Å²) < 4.78 is 13.4. The summed E-state index contributed by atoms with van der Waals surface area (Å²) in [6.45, 7) is 4.93. The number of halogens is 1. The maximum Gasteiger partial charge on any atom is 0.231 e. The molecule has 1 saturated carbocycles. The fourth-order valence-corrected chi connectivity index (χ4v) is 6.38. The lowest BCUT2D eigenvalue weighted by atomic mass is 9.73. The maximum absolute atomic E-state index is 12.2. The van der Waals surface area contributed by atoms with E-state index in [-0.39, 0.29) is 22.9 Å². The Bertz CT molecular complexity index is 1060. The van der Waals surface area contributed by atoms with Crippen LogP contribution in [0.4, 0.5) is 0 Å². The van der Waals surface area contributed by atoms with E-state index in [4.69, 9.17) is 14.1 Å². The molecule has 0 amide bonds. The third-order valence-corrected chi connectivity index (χ3v) is 8.33. The molecule has 0 unspecified atom stereocenters. The van der Waals surface area contributed by atoms with E-state index in [1.807, 2.05) is 66.9 Å². The highest BCUT2D eigenvalue weighted by Gasteiger charge is 2.45. The number of rotatable bonds is 10. The molecule has 3 aromatic rings. The van der Waals surface area contributed by atoms with Crippen molar-refractivity contribution >= 4 is 0 Å². The average molecular weight is 570 g/mol. The smallest absolute Gasteiger partial charge is 0.231 e. The third-order valence-electron chi connectivity index (χ3n) is 8.33. The van der Waals surface area contributed by atoms with Crippen molar-refractivity contribution in [1.29, 1.82) is 0 Å². The number of benzene rings is 2. The Kier molecular flexibility index (Phi) is 9.85. The first kappa shape index (κ1) is 27.9. The summed E-state index contributed by atoms with van der Waals surface area (Å²) in [5.41, 5.74) is -0.277. The summed E-state index contributed by atoms with van der Waals surface area (Å²) in [4.78, 5) is 4.72. The molecule has 1 saturated heterocycles. The summed E-state index contributed by atoms with van der Waals surface area (Å²) in [5, 5.41) is 12.2. The van der Waals surface area contributed by atoms with Gasteiger partial charge in [0.25, 0.3) is 0 Å². The second-order valence-electron chi connectivity index (χ2n) is 10.8. The van der Waals surface area contributed by atoms with Crippen LogP contribution in [0, 0.1) is 5.92 Å². The maximum atomic E-state index is 12.2. The minimum absolute atomic E-state index is 0. The van der Waals surface area contributed by atoms with Crippen LogP contribution in [0.25, 0.3) is 0 Å². The second kappa shape index (κ2) is 13.1. The van der Waals surface area contributed by atoms with Gasteiger partial charge in [-0.05, 0) is 49.8 Å². The van der Waals surface area contributed by atoms with Crippen LogP contribution in [0.5, 0.6) is 5.75 Å². The number of quaternary nitrogens is 1. The molecule has 1 atom stereocenters. The summed E-state index contributed by atoms with van der Waals surface area (Å²) in [7, 11) is 0. The third kappa shape index (κ3) is 6.65. The highest BCUT2D eigenvalue weighted by atomic mass is 79.9. The Balaban J connectivity index is 0.00000320. The molecular formula is C31H41BrN2O3. The standard InChI is InChI=1S/C31H41N2O3.BrH/c34-31(26-14-5-1-6-15-26,27-16-7-2-8-17-27)30-32-24-29(36-30)25-33(20-11-4-12-21-33)22-13-23-35-28-18-9-3-10-19-28;/h1,3,5-6,9-10,14-15,18-19,24,27,34H,2,4,7-8,11-13,16-17,20-23,25H2;1H/q+1;/p-1/t31-;/m0./s1. The van der Waals surface area contributed by atoms with Gasteiger partial charge in [0, 0.05) is 12.3 Å². The summed E-state index contributed by atoms with van der Waals surface area (Å²) in [6.07, 6.45) is 12.2. The molecule has 200 valence electrons. The van der Waals surface area contributed by atoms with E-state index in [0.717, 1.165) is 86.4 Å². The Morgan fingerprint density at radius 1 is 0.892 bits per heavy atom. The van der Waals surface area contributed by atoms with Crippen molar-refractivity contribution in [3.8, 4) is 5.75 Å². The van der Waals surface area contributed by atoms with Crippen LogP contribution in [0.15, 0.2) is 71.3 Å². The van der Waals surface area contributed by atoms with Crippen LogP contribution in [-0.2, 0) is 12.1 Å². The summed E-state index contributed by atoms with van der Waals surface area (Å²) in [6, 6.07) is 20.1. The van der Waals surface area contributed by atoms with Crippen molar-refractivity contribution < 1.29 is 35.7 Å². The number of hydrogen-bond donors (Lipinski definition) is 1. The van der Waals surface area contributed by atoms with Crippen molar-refractivity contribution in [2.24, 2.45) is 5.92 Å². The zero-order chi connectivity index (χ0) is 24.7. The van der Waals surface area contributed by atoms with Gasteiger partial charge in [-0.1, -0.05) is 67.8 Å². The van der Waals surface area contributed by atoms with Crippen molar-refractivity contribution in [1.82, 2.24) is 4.98 Å². The van der Waals surface area contributed by atoms with Gasteiger partial charge in [-0.2, -0.15) is 0 Å². The number of hydrogen-bond acceptors (Lipinski definition) is 4. The van der Waals surface area contributed by atoms with Crippen LogP contribution >= 0.6 is 0 Å². The molecule has 1 aliphatic carbocycles. The molecule has 1 aliphatic heterocycles. The first-order chi connectivity index (χ1) is 17.7. The molecule has 1 aromatic heterocycles. The molecule has 2 aromatic carbocycles. The van der Waals surface area contributed by atoms with Gasteiger partial charge in [-0.15, -0.1) is 0 Å². The van der Waals surface area contributed by atoms with Gasteiger partial charge in [-0.25, -0.2) is 4.98 Å². The summed E-state index contributed by atoms with van der Waals surface area (Å²) >= 11 is 0. The van der Waals surface area contributed by atoms with Gasteiger partial charge < -0.3 is 35.7 Å². The lowest BCUT2D eigenvalue weighted by Crippen LogP contribution is -3.00. The van der Waals surface area contributed by atoms with E-state index in [2.05, 4.69) is 0 Å². The Morgan fingerprint density at radius 3 is 2.24 bits per heavy atom. The molecular weight excluding hydrogens is 528 g/mol. The average Bonchev–Trinajstić information content (AvgIpc) is 3.41. The van der Waals surface area contributed by atoms with E-state index < -0.39 is 5.60 Å². The fraction of sp³-hybridized carbons (Fsp3) is 0.516. The van der Waals surface area contributed by atoms with Crippen LogP contribution in [0.3, 0.4) is 0 Å². The molecule has 5 nitrogen and oxygen atoms in total. The quantitative estimate of drug-likeness (QED) is 0.300. The highest BCUT2D eigenvalue weighted by molar-refractivity contribution is 5.30. The van der Waals surface area contributed by atoms with Crippen molar-refractivity contribution in [3.63, 3.8) is 0 Å². The van der Waals surface area contributed by atoms with E-state index in [1.54, 1.807) is 0 Å². The molecule has 0 spiro atoms. The van der Waals surface area contributed by atoms with Crippen LogP contribution < -0.4 is 21.7 Å². The van der Waals surface area contributed by atoms with Gasteiger partial charge in [-0.3, -0.25) is 0 Å². The zero-order valence-electron chi connectivity index (χ0n) is 21.9. The monoisotopic (exact) mass is 568 g/mol. The van der Waals surface area contributed by atoms with Gasteiger partial charge in [0.2, 0.25) is 5.89 Å². The van der Waals surface area contributed by atoms with Crippen LogP contribution in [0.1, 0.15) is 75.0 Å². The van der Waals surface area contributed by atoms with Crippen molar-refractivity contribution in [2.75, 3.05) is 26.2 Å². The predicted molar refractivity (Wildman–Crippen MR) is 141 cm³/mol. The second-order valence-corrected chi connectivity index (χ2v) is 10.8. The Hall–Kier alpha value is -2.15.